The van der Waals surface area contributed by atoms with Crippen LogP contribution >= 0.6 is 0 Å². The van der Waals surface area contributed by atoms with Gasteiger partial charge in [0.15, 0.2) is 0 Å². The van der Waals surface area contributed by atoms with Gasteiger partial charge in [-0.1, -0.05) is 12.1 Å². The number of halogens is 1. The Labute approximate surface area is 100 Å². The maximum absolute atomic E-state index is 13.3. The van der Waals surface area contributed by atoms with Crippen molar-refractivity contribution in [2.45, 2.75) is 25.9 Å². The number of benzene rings is 1. The molecule has 5 N–H and O–H groups in total. The van der Waals surface area contributed by atoms with Crippen molar-refractivity contribution in [2.75, 3.05) is 6.54 Å². The van der Waals surface area contributed by atoms with E-state index in [1.807, 2.05) is 13.0 Å². The van der Waals surface area contributed by atoms with Gasteiger partial charge in [-0.05, 0) is 31.0 Å². The Morgan fingerprint density at radius 3 is 2.71 bits per heavy atom. The highest BCUT2D eigenvalue weighted by Crippen LogP contribution is 2.15. The number of rotatable bonds is 5. The SMILES string of the molecule is Cc1ccc(C(C)NCC(N)C(N)=O)cc1F. The fourth-order valence-corrected chi connectivity index (χ4v) is 1.40. The largest absolute Gasteiger partial charge is 0.368 e. The van der Waals surface area contributed by atoms with Crippen molar-refractivity contribution < 1.29 is 9.18 Å². The van der Waals surface area contributed by atoms with E-state index in [0.717, 1.165) is 5.56 Å². The minimum absolute atomic E-state index is 0.0875. The Bertz CT molecular complexity index is 409. The van der Waals surface area contributed by atoms with Crippen molar-refractivity contribution in [2.24, 2.45) is 11.5 Å². The highest BCUT2D eigenvalue weighted by Gasteiger charge is 2.12. The lowest BCUT2D eigenvalue weighted by Gasteiger charge is -2.16. The molecule has 1 aromatic rings. The zero-order chi connectivity index (χ0) is 13.0. The average Bonchev–Trinajstić information content (AvgIpc) is 2.28. The zero-order valence-corrected chi connectivity index (χ0v) is 10.0. The number of nitrogens with one attached hydrogen (secondary N) is 1. The van der Waals surface area contributed by atoms with Crippen molar-refractivity contribution in [3.8, 4) is 0 Å². The first-order chi connectivity index (χ1) is 7.91. The molecule has 0 spiro atoms. The molecule has 2 unspecified atom stereocenters. The molecule has 5 heteroatoms. The molecule has 0 fully saturated rings. The van der Waals surface area contributed by atoms with Gasteiger partial charge in [-0.25, -0.2) is 4.39 Å². The highest BCUT2D eigenvalue weighted by atomic mass is 19.1. The maximum Gasteiger partial charge on any atom is 0.235 e. The third kappa shape index (κ3) is 3.80. The number of hydrogen-bond acceptors (Lipinski definition) is 3. The van der Waals surface area contributed by atoms with Gasteiger partial charge in [0.05, 0.1) is 6.04 Å². The van der Waals surface area contributed by atoms with Crippen molar-refractivity contribution in [1.29, 1.82) is 0 Å². The first kappa shape index (κ1) is 13.6. The molecule has 4 nitrogen and oxygen atoms in total. The molecule has 94 valence electrons. The predicted octanol–water partition coefficient (Wildman–Crippen LogP) is 0.597. The number of primary amides is 1. The number of amides is 1. The van der Waals surface area contributed by atoms with Crippen LogP contribution < -0.4 is 16.8 Å². The molecule has 1 rings (SSSR count). The van der Waals surface area contributed by atoms with E-state index in [1.165, 1.54) is 6.07 Å². The van der Waals surface area contributed by atoms with Gasteiger partial charge in [0.1, 0.15) is 5.82 Å². The fourth-order valence-electron chi connectivity index (χ4n) is 1.40. The van der Waals surface area contributed by atoms with Gasteiger partial charge in [0, 0.05) is 12.6 Å². The smallest absolute Gasteiger partial charge is 0.235 e. The first-order valence-electron chi connectivity index (χ1n) is 5.46. The lowest BCUT2D eigenvalue weighted by Crippen LogP contribution is -2.44. The molecule has 0 aliphatic heterocycles. The number of nitrogens with two attached hydrogens (primary N) is 2. The molecular formula is C12H18FN3O. The number of carbonyl (C=O) groups is 1. The zero-order valence-electron chi connectivity index (χ0n) is 10.0. The minimum Gasteiger partial charge on any atom is -0.368 e. The normalized spacial score (nSPS) is 14.4. The fraction of sp³-hybridized carbons (Fsp3) is 0.417. The molecule has 0 aliphatic rings. The lowest BCUT2D eigenvalue weighted by atomic mass is 10.1. The van der Waals surface area contributed by atoms with E-state index in [-0.39, 0.29) is 18.4 Å². The van der Waals surface area contributed by atoms with Gasteiger partial charge >= 0.3 is 0 Å². The van der Waals surface area contributed by atoms with Crippen LogP contribution in [0.1, 0.15) is 24.1 Å². The van der Waals surface area contributed by atoms with E-state index < -0.39 is 11.9 Å². The van der Waals surface area contributed by atoms with Crippen LogP contribution in [-0.2, 0) is 4.79 Å². The van der Waals surface area contributed by atoms with Crippen molar-refractivity contribution in [1.82, 2.24) is 5.32 Å². The number of aryl methyl sites for hydroxylation is 1. The summed E-state index contributed by atoms with van der Waals surface area (Å²) in [7, 11) is 0. The topological polar surface area (TPSA) is 81.1 Å². The molecule has 0 saturated heterocycles. The number of hydrogen-bond donors (Lipinski definition) is 3. The van der Waals surface area contributed by atoms with Crippen LogP contribution in [0.4, 0.5) is 4.39 Å². The van der Waals surface area contributed by atoms with Crippen LogP contribution in [0.25, 0.3) is 0 Å². The molecule has 0 bridgehead atoms. The summed E-state index contributed by atoms with van der Waals surface area (Å²) < 4.78 is 13.3. The van der Waals surface area contributed by atoms with Crippen LogP contribution in [0.15, 0.2) is 18.2 Å². The summed E-state index contributed by atoms with van der Waals surface area (Å²) in [5, 5.41) is 3.03. The van der Waals surface area contributed by atoms with Crippen LogP contribution in [0, 0.1) is 12.7 Å². The molecule has 0 radical (unpaired) electrons. The molecule has 2 atom stereocenters. The van der Waals surface area contributed by atoms with Crippen LogP contribution in [0.3, 0.4) is 0 Å². The Morgan fingerprint density at radius 1 is 1.53 bits per heavy atom. The quantitative estimate of drug-likeness (QED) is 0.703. The average molecular weight is 239 g/mol. The first-order valence-corrected chi connectivity index (χ1v) is 5.46. The Kier molecular flexibility index (Phi) is 4.60. The molecular weight excluding hydrogens is 221 g/mol. The summed E-state index contributed by atoms with van der Waals surface area (Å²) in [6.07, 6.45) is 0. The third-order valence-electron chi connectivity index (χ3n) is 2.71. The number of carbonyl (C=O) groups excluding carboxylic acids is 1. The Balaban J connectivity index is 2.60. The van der Waals surface area contributed by atoms with Gasteiger partial charge in [0.2, 0.25) is 5.91 Å². The molecule has 1 aromatic carbocycles. The highest BCUT2D eigenvalue weighted by molar-refractivity contribution is 5.79. The van der Waals surface area contributed by atoms with Crippen LogP contribution in [0.2, 0.25) is 0 Å². The second-order valence-electron chi connectivity index (χ2n) is 4.15. The van der Waals surface area contributed by atoms with E-state index in [0.29, 0.717) is 5.56 Å². The van der Waals surface area contributed by atoms with Gasteiger partial charge in [-0.15, -0.1) is 0 Å². The lowest BCUT2D eigenvalue weighted by molar-refractivity contribution is -0.119. The van der Waals surface area contributed by atoms with Crippen LogP contribution in [-0.4, -0.2) is 18.5 Å². The van der Waals surface area contributed by atoms with Crippen molar-refractivity contribution in [3.05, 3.63) is 35.1 Å². The molecule has 0 heterocycles. The maximum atomic E-state index is 13.3. The van der Waals surface area contributed by atoms with Crippen LogP contribution in [0.5, 0.6) is 0 Å². The second kappa shape index (κ2) is 5.75. The monoisotopic (exact) mass is 239 g/mol. The summed E-state index contributed by atoms with van der Waals surface area (Å²) in [6, 6.07) is 4.22. The summed E-state index contributed by atoms with van der Waals surface area (Å²) >= 11 is 0. The van der Waals surface area contributed by atoms with E-state index in [2.05, 4.69) is 5.32 Å². The van der Waals surface area contributed by atoms with E-state index in [4.69, 9.17) is 11.5 Å². The third-order valence-corrected chi connectivity index (χ3v) is 2.71. The summed E-state index contributed by atoms with van der Waals surface area (Å²) in [4.78, 5) is 10.7. The molecule has 0 saturated carbocycles. The standard InChI is InChI=1S/C12H18FN3O/c1-7-3-4-9(5-10(7)13)8(2)16-6-11(14)12(15)17/h3-5,8,11,16H,6,14H2,1-2H3,(H2,15,17). The van der Waals surface area contributed by atoms with Crippen molar-refractivity contribution in [3.63, 3.8) is 0 Å². The summed E-state index contributed by atoms with van der Waals surface area (Å²) in [5.74, 6) is -0.796. The molecule has 17 heavy (non-hydrogen) atoms. The summed E-state index contributed by atoms with van der Waals surface area (Å²) in [5.41, 5.74) is 11.9. The van der Waals surface area contributed by atoms with Gasteiger partial charge in [-0.2, -0.15) is 0 Å². The van der Waals surface area contributed by atoms with E-state index >= 15 is 0 Å². The minimum atomic E-state index is -0.729. The Hall–Kier alpha value is -1.46. The molecule has 1 amide bonds. The predicted molar refractivity (Wildman–Crippen MR) is 64.7 cm³/mol. The van der Waals surface area contributed by atoms with Gasteiger partial charge in [-0.3, -0.25) is 4.79 Å². The van der Waals surface area contributed by atoms with Gasteiger partial charge < -0.3 is 16.8 Å². The van der Waals surface area contributed by atoms with Gasteiger partial charge in [0.25, 0.3) is 0 Å². The van der Waals surface area contributed by atoms with Crippen molar-refractivity contribution >= 4 is 5.91 Å². The van der Waals surface area contributed by atoms with E-state index in [9.17, 15) is 9.18 Å². The van der Waals surface area contributed by atoms with E-state index in [1.54, 1.807) is 13.0 Å². The summed E-state index contributed by atoms with van der Waals surface area (Å²) in [6.45, 7) is 3.85. The second-order valence-corrected chi connectivity index (χ2v) is 4.15. The Morgan fingerprint density at radius 2 is 2.18 bits per heavy atom. The molecule has 0 aromatic heterocycles. The molecule has 0 aliphatic carbocycles.